The second-order valence-electron chi connectivity index (χ2n) is 8.49. The van der Waals surface area contributed by atoms with Crippen molar-refractivity contribution < 1.29 is 23.5 Å². The highest BCUT2D eigenvalue weighted by Gasteiger charge is 2.30. The maximum absolute atomic E-state index is 15.0. The van der Waals surface area contributed by atoms with Crippen LogP contribution in [0.2, 0.25) is 5.02 Å². The van der Waals surface area contributed by atoms with Crippen molar-refractivity contribution in [3.63, 3.8) is 0 Å². The van der Waals surface area contributed by atoms with E-state index in [4.69, 9.17) is 21.1 Å². The van der Waals surface area contributed by atoms with Gasteiger partial charge < -0.3 is 19.7 Å². The van der Waals surface area contributed by atoms with Crippen molar-refractivity contribution in [2.75, 3.05) is 27.4 Å². The SMILES string of the molecule is COCCCOc1cc(C(=O)NC(C)C)c(Cl)cc1-c1cc(C(=O)N(C)C2CC2)ccc1F. The minimum atomic E-state index is -0.516. The largest absolute Gasteiger partial charge is 0.493 e. The number of hydrogen-bond acceptors (Lipinski definition) is 4. The van der Waals surface area contributed by atoms with E-state index in [1.807, 2.05) is 13.8 Å². The van der Waals surface area contributed by atoms with E-state index in [-0.39, 0.29) is 40.0 Å². The molecule has 178 valence electrons. The predicted octanol–water partition coefficient (Wildman–Crippen LogP) is 4.93. The third-order valence-corrected chi connectivity index (χ3v) is 5.72. The Balaban J connectivity index is 2.02. The van der Waals surface area contributed by atoms with Gasteiger partial charge in [0.2, 0.25) is 0 Å². The fourth-order valence-corrected chi connectivity index (χ4v) is 3.73. The summed E-state index contributed by atoms with van der Waals surface area (Å²) in [4.78, 5) is 27.1. The molecule has 2 amide bonds. The monoisotopic (exact) mass is 476 g/mol. The van der Waals surface area contributed by atoms with Crippen molar-refractivity contribution in [2.24, 2.45) is 0 Å². The molecule has 8 heteroatoms. The molecule has 2 aromatic carbocycles. The molecular formula is C25H30ClFN2O4. The van der Waals surface area contributed by atoms with Crippen molar-refractivity contribution in [1.82, 2.24) is 10.2 Å². The van der Waals surface area contributed by atoms with Gasteiger partial charge in [-0.05, 0) is 57.0 Å². The zero-order valence-corrected chi connectivity index (χ0v) is 20.2. The average molecular weight is 477 g/mol. The van der Waals surface area contributed by atoms with Crippen molar-refractivity contribution in [1.29, 1.82) is 0 Å². The molecule has 1 aliphatic carbocycles. The molecule has 3 rings (SSSR count). The summed E-state index contributed by atoms with van der Waals surface area (Å²) in [6.45, 7) is 4.49. The lowest BCUT2D eigenvalue weighted by Gasteiger charge is -2.19. The Morgan fingerprint density at radius 2 is 1.91 bits per heavy atom. The Bertz CT molecular complexity index is 1020. The molecule has 0 atom stereocenters. The summed E-state index contributed by atoms with van der Waals surface area (Å²) in [5, 5.41) is 2.97. The van der Waals surface area contributed by atoms with E-state index in [1.165, 1.54) is 30.3 Å². The molecule has 0 bridgehead atoms. The first-order chi connectivity index (χ1) is 15.7. The Morgan fingerprint density at radius 3 is 2.55 bits per heavy atom. The molecule has 0 saturated heterocycles. The molecule has 33 heavy (non-hydrogen) atoms. The minimum Gasteiger partial charge on any atom is -0.493 e. The van der Waals surface area contributed by atoms with Crippen molar-refractivity contribution >= 4 is 23.4 Å². The summed E-state index contributed by atoms with van der Waals surface area (Å²) in [7, 11) is 3.35. The third kappa shape index (κ3) is 6.24. The van der Waals surface area contributed by atoms with Gasteiger partial charge in [-0.3, -0.25) is 9.59 Å². The number of hydrogen-bond donors (Lipinski definition) is 1. The van der Waals surface area contributed by atoms with Crippen molar-refractivity contribution in [2.45, 2.75) is 45.2 Å². The van der Waals surface area contributed by atoms with Crippen molar-refractivity contribution in [3.8, 4) is 16.9 Å². The molecular weight excluding hydrogens is 447 g/mol. The molecule has 0 radical (unpaired) electrons. The van der Waals surface area contributed by atoms with Gasteiger partial charge in [0, 0.05) is 56.0 Å². The number of benzene rings is 2. The van der Waals surface area contributed by atoms with Crippen LogP contribution in [0.3, 0.4) is 0 Å². The van der Waals surface area contributed by atoms with Gasteiger partial charge in [-0.15, -0.1) is 0 Å². The quantitative estimate of drug-likeness (QED) is 0.493. The molecule has 0 aromatic heterocycles. The van der Waals surface area contributed by atoms with Crippen LogP contribution in [0.25, 0.3) is 11.1 Å². The number of carbonyl (C=O) groups excluding carboxylic acids is 2. The van der Waals surface area contributed by atoms with Crippen LogP contribution in [0.5, 0.6) is 5.75 Å². The first kappa shape index (κ1) is 25.0. The topological polar surface area (TPSA) is 67.9 Å². The molecule has 0 unspecified atom stereocenters. The van der Waals surface area contributed by atoms with Gasteiger partial charge >= 0.3 is 0 Å². The summed E-state index contributed by atoms with van der Waals surface area (Å²) in [6, 6.07) is 7.45. The highest BCUT2D eigenvalue weighted by atomic mass is 35.5. The number of nitrogens with one attached hydrogen (secondary N) is 1. The lowest BCUT2D eigenvalue weighted by atomic mass is 9.99. The summed E-state index contributed by atoms with van der Waals surface area (Å²) < 4.78 is 25.9. The Labute approximate surface area is 199 Å². The number of carbonyl (C=O) groups is 2. The van der Waals surface area contributed by atoms with Crippen LogP contribution in [0, 0.1) is 5.82 Å². The minimum absolute atomic E-state index is 0.0806. The zero-order valence-electron chi connectivity index (χ0n) is 19.4. The summed E-state index contributed by atoms with van der Waals surface area (Å²) in [5.74, 6) is -0.722. The second kappa shape index (κ2) is 11.0. The van der Waals surface area contributed by atoms with Gasteiger partial charge in [-0.1, -0.05) is 11.6 Å². The van der Waals surface area contributed by atoms with Gasteiger partial charge in [0.1, 0.15) is 11.6 Å². The first-order valence-corrected chi connectivity index (χ1v) is 11.4. The van der Waals surface area contributed by atoms with Crippen LogP contribution in [-0.4, -0.2) is 56.2 Å². The highest BCUT2D eigenvalue weighted by Crippen LogP contribution is 2.37. The lowest BCUT2D eigenvalue weighted by molar-refractivity contribution is 0.0784. The maximum atomic E-state index is 15.0. The summed E-state index contributed by atoms with van der Waals surface area (Å²) in [5.41, 5.74) is 1.17. The Hall–Kier alpha value is -2.64. The van der Waals surface area contributed by atoms with Crippen molar-refractivity contribution in [3.05, 3.63) is 52.3 Å². The fraction of sp³-hybridized carbons (Fsp3) is 0.440. The average Bonchev–Trinajstić information content (AvgIpc) is 3.61. The van der Waals surface area contributed by atoms with E-state index in [0.717, 1.165) is 12.8 Å². The summed E-state index contributed by atoms with van der Waals surface area (Å²) in [6.07, 6.45) is 2.57. The number of ether oxygens (including phenoxy) is 2. The number of methoxy groups -OCH3 is 1. The number of amides is 2. The van der Waals surface area contributed by atoms with E-state index in [0.29, 0.717) is 36.5 Å². The van der Waals surface area contributed by atoms with E-state index in [2.05, 4.69) is 5.32 Å². The zero-order chi connectivity index (χ0) is 24.1. The molecule has 0 spiro atoms. The van der Waals surface area contributed by atoms with E-state index < -0.39 is 5.82 Å². The van der Waals surface area contributed by atoms with E-state index in [9.17, 15) is 14.0 Å². The van der Waals surface area contributed by atoms with Crippen LogP contribution in [0.1, 0.15) is 53.8 Å². The van der Waals surface area contributed by atoms with Crippen LogP contribution in [0.15, 0.2) is 30.3 Å². The predicted molar refractivity (Wildman–Crippen MR) is 127 cm³/mol. The van der Waals surface area contributed by atoms with Gasteiger partial charge in [-0.25, -0.2) is 4.39 Å². The molecule has 0 heterocycles. The number of halogens is 2. The van der Waals surface area contributed by atoms with Crippen LogP contribution < -0.4 is 10.1 Å². The van der Waals surface area contributed by atoms with Gasteiger partial charge in [0.15, 0.2) is 0 Å². The number of rotatable bonds is 10. The normalized spacial score (nSPS) is 13.2. The lowest BCUT2D eigenvalue weighted by Crippen LogP contribution is -2.30. The van der Waals surface area contributed by atoms with E-state index in [1.54, 1.807) is 19.1 Å². The molecule has 6 nitrogen and oxygen atoms in total. The second-order valence-corrected chi connectivity index (χ2v) is 8.90. The first-order valence-electron chi connectivity index (χ1n) is 11.1. The Kier molecular flexibility index (Phi) is 8.32. The third-order valence-electron chi connectivity index (χ3n) is 5.40. The Morgan fingerprint density at radius 1 is 1.18 bits per heavy atom. The molecule has 1 saturated carbocycles. The fourth-order valence-electron chi connectivity index (χ4n) is 3.48. The molecule has 1 N–H and O–H groups in total. The molecule has 1 aliphatic rings. The van der Waals surface area contributed by atoms with Crippen LogP contribution in [0.4, 0.5) is 4.39 Å². The van der Waals surface area contributed by atoms with Gasteiger partial charge in [0.25, 0.3) is 11.8 Å². The van der Waals surface area contributed by atoms with Gasteiger partial charge in [-0.2, -0.15) is 0 Å². The molecule has 0 aliphatic heterocycles. The van der Waals surface area contributed by atoms with Gasteiger partial charge in [0.05, 0.1) is 17.2 Å². The number of nitrogens with zero attached hydrogens (tertiary/aromatic N) is 1. The van der Waals surface area contributed by atoms with Crippen LogP contribution >= 0.6 is 11.6 Å². The highest BCUT2D eigenvalue weighted by molar-refractivity contribution is 6.34. The molecule has 2 aromatic rings. The summed E-state index contributed by atoms with van der Waals surface area (Å²) >= 11 is 6.43. The van der Waals surface area contributed by atoms with E-state index >= 15 is 0 Å². The molecule has 1 fully saturated rings. The standard InChI is InChI=1S/C25H30ClFN2O4/c1-15(2)28-24(30)20-14-23(33-11-5-10-32-4)19(13-21(20)26)18-12-16(6-9-22(18)27)25(31)29(3)17-7-8-17/h6,9,12-15,17H,5,7-8,10-11H2,1-4H3,(H,28,30). The maximum Gasteiger partial charge on any atom is 0.253 e. The smallest absolute Gasteiger partial charge is 0.253 e. The van der Waals surface area contributed by atoms with Crippen LogP contribution in [-0.2, 0) is 4.74 Å².